The lowest BCUT2D eigenvalue weighted by Crippen LogP contribution is -2.42. The largest absolute Gasteiger partial charge is 0.357 e. The van der Waals surface area contributed by atoms with Gasteiger partial charge in [-0.3, -0.25) is 4.68 Å². The van der Waals surface area contributed by atoms with Crippen LogP contribution in [0.3, 0.4) is 0 Å². The zero-order valence-electron chi connectivity index (χ0n) is 14.2. The predicted molar refractivity (Wildman–Crippen MR) is 97.9 cm³/mol. The normalized spacial score (nSPS) is 15.0. The molecule has 126 valence electrons. The molecule has 0 amide bonds. The van der Waals surface area contributed by atoms with Crippen LogP contribution in [0.2, 0.25) is 0 Å². The van der Waals surface area contributed by atoms with Crippen molar-refractivity contribution in [2.75, 3.05) is 6.54 Å². The van der Waals surface area contributed by atoms with Crippen LogP contribution in [-0.4, -0.2) is 28.3 Å². The number of rotatable bonds is 6. The fourth-order valence-electron chi connectivity index (χ4n) is 2.76. The van der Waals surface area contributed by atoms with E-state index in [1.807, 2.05) is 16.9 Å². The summed E-state index contributed by atoms with van der Waals surface area (Å²) < 4.78 is 1.96. The Morgan fingerprint density at radius 3 is 2.75 bits per heavy atom. The molecule has 0 aliphatic heterocycles. The zero-order valence-corrected chi connectivity index (χ0v) is 14.2. The molecule has 5 heteroatoms. The van der Waals surface area contributed by atoms with Gasteiger partial charge in [0.2, 0.25) is 0 Å². The molecule has 0 saturated heterocycles. The van der Waals surface area contributed by atoms with E-state index in [2.05, 4.69) is 70.3 Å². The molecule has 2 aromatic rings. The lowest BCUT2D eigenvalue weighted by Gasteiger charge is -2.16. The minimum atomic E-state index is 0.462. The fourth-order valence-corrected chi connectivity index (χ4v) is 2.76. The first kappa shape index (κ1) is 16.3. The molecule has 1 aliphatic rings. The Balaban J connectivity index is 1.57. The van der Waals surface area contributed by atoms with Gasteiger partial charge >= 0.3 is 0 Å². The molecule has 1 heterocycles. The molecular weight excluding hydrogens is 298 g/mol. The highest BCUT2D eigenvalue weighted by Crippen LogP contribution is 2.09. The van der Waals surface area contributed by atoms with Gasteiger partial charge in [-0.15, -0.1) is 0 Å². The van der Waals surface area contributed by atoms with Crippen LogP contribution in [0.25, 0.3) is 0 Å². The third kappa shape index (κ3) is 4.72. The summed E-state index contributed by atoms with van der Waals surface area (Å²) in [4.78, 5) is 4.68. The number of hydrogen-bond donors (Lipinski definition) is 2. The van der Waals surface area contributed by atoms with E-state index in [0.717, 1.165) is 37.5 Å². The molecule has 0 spiro atoms. The summed E-state index contributed by atoms with van der Waals surface area (Å²) in [6.07, 6.45) is 10.5. The highest BCUT2D eigenvalue weighted by molar-refractivity contribution is 5.80. The molecule has 0 saturated carbocycles. The van der Waals surface area contributed by atoms with Crippen LogP contribution in [0.5, 0.6) is 0 Å². The van der Waals surface area contributed by atoms with Crippen LogP contribution in [0.1, 0.15) is 30.9 Å². The molecule has 0 radical (unpaired) electrons. The quantitative estimate of drug-likeness (QED) is 0.488. The minimum absolute atomic E-state index is 0.462. The first-order chi connectivity index (χ1) is 11.8. The van der Waals surface area contributed by atoms with Crippen LogP contribution in [0.15, 0.2) is 59.9 Å². The minimum Gasteiger partial charge on any atom is -0.357 e. The van der Waals surface area contributed by atoms with Gasteiger partial charge in [0.15, 0.2) is 5.96 Å². The molecule has 5 nitrogen and oxygen atoms in total. The second-order valence-corrected chi connectivity index (χ2v) is 6.01. The number of nitrogens with zero attached hydrogens (tertiary/aromatic N) is 3. The van der Waals surface area contributed by atoms with Crippen molar-refractivity contribution in [1.29, 1.82) is 0 Å². The number of nitrogens with one attached hydrogen (secondary N) is 2. The second kappa shape index (κ2) is 8.34. The molecule has 0 fully saturated rings. The van der Waals surface area contributed by atoms with Crippen LogP contribution >= 0.6 is 0 Å². The number of aromatic nitrogens is 2. The molecular formula is C19H25N5. The van der Waals surface area contributed by atoms with Crippen LogP contribution < -0.4 is 10.6 Å². The van der Waals surface area contributed by atoms with Crippen molar-refractivity contribution in [3.63, 3.8) is 0 Å². The van der Waals surface area contributed by atoms with Crippen LogP contribution in [0, 0.1) is 0 Å². The summed E-state index contributed by atoms with van der Waals surface area (Å²) in [6, 6.07) is 10.8. The van der Waals surface area contributed by atoms with E-state index in [0.29, 0.717) is 12.6 Å². The molecule has 24 heavy (non-hydrogen) atoms. The van der Waals surface area contributed by atoms with E-state index in [-0.39, 0.29) is 0 Å². The third-order valence-electron chi connectivity index (χ3n) is 3.99. The van der Waals surface area contributed by atoms with Crippen molar-refractivity contribution in [2.45, 2.75) is 38.9 Å². The topological polar surface area (TPSA) is 54.2 Å². The first-order valence-electron chi connectivity index (χ1n) is 8.58. The van der Waals surface area contributed by atoms with Gasteiger partial charge in [-0.1, -0.05) is 42.5 Å². The Hall–Kier alpha value is -2.56. The molecule has 1 aromatic carbocycles. The Bertz CT molecular complexity index is 679. The van der Waals surface area contributed by atoms with Gasteiger partial charge in [-0.25, -0.2) is 4.99 Å². The van der Waals surface area contributed by atoms with E-state index < -0.39 is 0 Å². The van der Waals surface area contributed by atoms with Crippen molar-refractivity contribution in [2.24, 2.45) is 4.99 Å². The third-order valence-corrected chi connectivity index (χ3v) is 3.99. The average Bonchev–Trinajstić information content (AvgIpc) is 3.26. The molecule has 2 N–H and O–H groups in total. The van der Waals surface area contributed by atoms with Gasteiger partial charge in [0.1, 0.15) is 0 Å². The SMILES string of the molecule is CCNC(=NCc1cnn(Cc2ccccc2)c1)NC1CC=CC1. The number of hydrogen-bond acceptors (Lipinski definition) is 2. The molecule has 1 aromatic heterocycles. The van der Waals surface area contributed by atoms with Crippen LogP contribution in [-0.2, 0) is 13.1 Å². The van der Waals surface area contributed by atoms with Gasteiger partial charge < -0.3 is 10.6 Å². The molecule has 3 rings (SSSR count). The van der Waals surface area contributed by atoms with Crippen molar-refractivity contribution in [3.05, 3.63) is 66.0 Å². The lowest BCUT2D eigenvalue weighted by atomic mass is 10.2. The number of aliphatic imine (C=N–C) groups is 1. The molecule has 0 bridgehead atoms. The van der Waals surface area contributed by atoms with E-state index in [4.69, 9.17) is 0 Å². The van der Waals surface area contributed by atoms with Gasteiger partial charge in [0, 0.05) is 24.3 Å². The zero-order chi connectivity index (χ0) is 16.6. The van der Waals surface area contributed by atoms with E-state index >= 15 is 0 Å². The van der Waals surface area contributed by atoms with E-state index in [1.54, 1.807) is 0 Å². The predicted octanol–water partition coefficient (Wildman–Crippen LogP) is 2.71. The van der Waals surface area contributed by atoms with Crippen molar-refractivity contribution in [1.82, 2.24) is 20.4 Å². The summed E-state index contributed by atoms with van der Waals surface area (Å²) in [5.41, 5.74) is 2.37. The van der Waals surface area contributed by atoms with Crippen molar-refractivity contribution >= 4 is 5.96 Å². The maximum Gasteiger partial charge on any atom is 0.191 e. The molecule has 0 unspecified atom stereocenters. The highest BCUT2D eigenvalue weighted by atomic mass is 15.3. The number of benzene rings is 1. The van der Waals surface area contributed by atoms with E-state index in [9.17, 15) is 0 Å². The molecule has 1 aliphatic carbocycles. The van der Waals surface area contributed by atoms with Gasteiger partial charge in [0.05, 0.1) is 19.3 Å². The summed E-state index contributed by atoms with van der Waals surface area (Å²) in [6.45, 7) is 4.36. The first-order valence-corrected chi connectivity index (χ1v) is 8.58. The van der Waals surface area contributed by atoms with Crippen molar-refractivity contribution in [3.8, 4) is 0 Å². The molecule has 0 atom stereocenters. The Morgan fingerprint density at radius 2 is 2.00 bits per heavy atom. The monoisotopic (exact) mass is 323 g/mol. The summed E-state index contributed by atoms with van der Waals surface area (Å²) in [7, 11) is 0. The lowest BCUT2D eigenvalue weighted by molar-refractivity contribution is 0.633. The maximum absolute atomic E-state index is 4.68. The fraction of sp³-hybridized carbons (Fsp3) is 0.368. The van der Waals surface area contributed by atoms with Crippen molar-refractivity contribution < 1.29 is 0 Å². The summed E-state index contributed by atoms with van der Waals surface area (Å²) >= 11 is 0. The van der Waals surface area contributed by atoms with Gasteiger partial charge in [-0.05, 0) is 25.3 Å². The Kier molecular flexibility index (Phi) is 5.66. The van der Waals surface area contributed by atoms with Gasteiger partial charge in [0.25, 0.3) is 0 Å². The smallest absolute Gasteiger partial charge is 0.191 e. The van der Waals surface area contributed by atoms with Crippen LogP contribution in [0.4, 0.5) is 0 Å². The average molecular weight is 323 g/mol. The maximum atomic E-state index is 4.68. The Morgan fingerprint density at radius 1 is 1.21 bits per heavy atom. The van der Waals surface area contributed by atoms with Gasteiger partial charge in [-0.2, -0.15) is 5.10 Å². The number of guanidine groups is 1. The summed E-state index contributed by atoms with van der Waals surface area (Å²) in [5, 5.41) is 11.2. The Labute approximate surface area is 143 Å². The highest BCUT2D eigenvalue weighted by Gasteiger charge is 2.11. The summed E-state index contributed by atoms with van der Waals surface area (Å²) in [5.74, 6) is 0.877. The standard InChI is InChI=1S/C19H25N5/c1-2-20-19(23-18-10-6-7-11-18)21-12-17-13-22-24(15-17)14-16-8-4-3-5-9-16/h3-9,13,15,18H,2,10-12,14H2,1H3,(H2,20,21,23). The van der Waals surface area contributed by atoms with E-state index in [1.165, 1.54) is 5.56 Å². The second-order valence-electron chi connectivity index (χ2n) is 6.01.